The van der Waals surface area contributed by atoms with E-state index in [0.29, 0.717) is 0 Å². The van der Waals surface area contributed by atoms with E-state index in [0.717, 1.165) is 5.75 Å². The van der Waals surface area contributed by atoms with E-state index >= 15 is 0 Å². The molecule has 0 saturated carbocycles. The van der Waals surface area contributed by atoms with Crippen molar-refractivity contribution < 1.29 is 4.74 Å². The van der Waals surface area contributed by atoms with Crippen LogP contribution in [-0.2, 0) is 0 Å². The SMILES string of the molecule is COc1ccc(SCCCCSc2ccccc2)cc1. The van der Waals surface area contributed by atoms with Crippen molar-refractivity contribution in [1.82, 2.24) is 0 Å². The Hall–Kier alpha value is -1.06. The summed E-state index contributed by atoms with van der Waals surface area (Å²) < 4.78 is 5.16. The molecule has 0 radical (unpaired) electrons. The number of rotatable bonds is 8. The van der Waals surface area contributed by atoms with E-state index in [4.69, 9.17) is 4.74 Å². The number of hydrogen-bond acceptors (Lipinski definition) is 3. The lowest BCUT2D eigenvalue weighted by Crippen LogP contribution is -1.85. The van der Waals surface area contributed by atoms with Crippen LogP contribution in [0.4, 0.5) is 0 Å². The fourth-order valence-electron chi connectivity index (χ4n) is 1.77. The predicted molar refractivity (Wildman–Crippen MR) is 90.1 cm³/mol. The highest BCUT2D eigenvalue weighted by atomic mass is 32.2. The molecule has 0 atom stereocenters. The van der Waals surface area contributed by atoms with Gasteiger partial charge in [0.2, 0.25) is 0 Å². The minimum absolute atomic E-state index is 0.925. The Kier molecular flexibility index (Phi) is 6.89. The number of ether oxygens (including phenoxy) is 1. The van der Waals surface area contributed by atoms with Gasteiger partial charge < -0.3 is 4.74 Å². The summed E-state index contributed by atoms with van der Waals surface area (Å²) >= 11 is 3.87. The molecule has 2 aromatic rings. The van der Waals surface area contributed by atoms with E-state index in [9.17, 15) is 0 Å². The van der Waals surface area contributed by atoms with Crippen LogP contribution in [0.15, 0.2) is 64.4 Å². The first-order valence-corrected chi connectivity index (χ1v) is 8.80. The third kappa shape index (κ3) is 5.51. The fourth-order valence-corrected chi connectivity index (χ4v) is 3.62. The van der Waals surface area contributed by atoms with Gasteiger partial charge in [0.1, 0.15) is 5.75 Å². The zero-order valence-electron chi connectivity index (χ0n) is 11.7. The molecule has 0 saturated heterocycles. The average molecular weight is 304 g/mol. The maximum atomic E-state index is 5.16. The molecule has 0 aliphatic heterocycles. The van der Waals surface area contributed by atoms with Gasteiger partial charge in [-0.2, -0.15) is 0 Å². The Balaban J connectivity index is 1.57. The zero-order chi connectivity index (χ0) is 14.0. The highest BCUT2D eigenvalue weighted by Crippen LogP contribution is 2.23. The fraction of sp³-hybridized carbons (Fsp3) is 0.294. The van der Waals surface area contributed by atoms with Crippen LogP contribution in [0.5, 0.6) is 5.75 Å². The summed E-state index contributed by atoms with van der Waals surface area (Å²) in [5.74, 6) is 3.31. The Morgan fingerprint density at radius 3 is 1.85 bits per heavy atom. The summed E-state index contributed by atoms with van der Waals surface area (Å²) in [4.78, 5) is 2.69. The molecule has 0 aromatic heterocycles. The summed E-state index contributed by atoms with van der Waals surface area (Å²) in [6.45, 7) is 0. The van der Waals surface area contributed by atoms with Crippen molar-refractivity contribution in [2.45, 2.75) is 22.6 Å². The highest BCUT2D eigenvalue weighted by Gasteiger charge is 1.97. The molecular weight excluding hydrogens is 284 g/mol. The number of benzene rings is 2. The topological polar surface area (TPSA) is 9.23 Å². The van der Waals surface area contributed by atoms with Gasteiger partial charge in [-0.1, -0.05) is 18.2 Å². The molecule has 2 rings (SSSR count). The van der Waals surface area contributed by atoms with Gasteiger partial charge in [0.25, 0.3) is 0 Å². The molecule has 0 spiro atoms. The van der Waals surface area contributed by atoms with Gasteiger partial charge in [-0.15, -0.1) is 23.5 Å². The first kappa shape index (κ1) is 15.3. The van der Waals surface area contributed by atoms with Crippen molar-refractivity contribution in [3.05, 3.63) is 54.6 Å². The third-order valence-corrected chi connectivity index (χ3v) is 5.08. The van der Waals surface area contributed by atoms with Gasteiger partial charge in [0, 0.05) is 9.79 Å². The molecule has 20 heavy (non-hydrogen) atoms. The molecule has 0 amide bonds. The standard InChI is InChI=1S/C17H20OS2/c1-18-15-9-11-17(12-10-15)20-14-6-5-13-19-16-7-3-2-4-8-16/h2-4,7-12H,5-6,13-14H2,1H3. The van der Waals surface area contributed by atoms with Crippen molar-refractivity contribution >= 4 is 23.5 Å². The Bertz CT molecular complexity index is 482. The zero-order valence-corrected chi connectivity index (χ0v) is 13.4. The predicted octanol–water partition coefficient (Wildman–Crippen LogP) is 5.36. The maximum absolute atomic E-state index is 5.16. The van der Waals surface area contributed by atoms with E-state index in [1.807, 2.05) is 35.7 Å². The number of unbranched alkanes of at least 4 members (excludes halogenated alkanes) is 1. The van der Waals surface area contributed by atoms with Crippen LogP contribution < -0.4 is 4.74 Å². The van der Waals surface area contributed by atoms with Crippen molar-refractivity contribution in [3.8, 4) is 5.75 Å². The van der Waals surface area contributed by atoms with Gasteiger partial charge in [0.05, 0.1) is 7.11 Å². The van der Waals surface area contributed by atoms with Crippen LogP contribution in [-0.4, -0.2) is 18.6 Å². The van der Waals surface area contributed by atoms with Crippen LogP contribution in [0.1, 0.15) is 12.8 Å². The maximum Gasteiger partial charge on any atom is 0.118 e. The van der Waals surface area contributed by atoms with E-state index in [1.165, 1.54) is 34.1 Å². The first-order valence-electron chi connectivity index (χ1n) is 6.83. The largest absolute Gasteiger partial charge is 0.497 e. The molecule has 0 bridgehead atoms. The van der Waals surface area contributed by atoms with Crippen molar-refractivity contribution in [1.29, 1.82) is 0 Å². The van der Waals surface area contributed by atoms with Crippen molar-refractivity contribution in [3.63, 3.8) is 0 Å². The number of hydrogen-bond donors (Lipinski definition) is 0. The third-order valence-electron chi connectivity index (χ3n) is 2.88. The summed E-state index contributed by atoms with van der Waals surface area (Å²) in [5, 5.41) is 0. The molecule has 0 heterocycles. The van der Waals surface area contributed by atoms with Gasteiger partial charge in [0.15, 0.2) is 0 Å². The van der Waals surface area contributed by atoms with Crippen LogP contribution in [0, 0.1) is 0 Å². The van der Waals surface area contributed by atoms with E-state index < -0.39 is 0 Å². The summed E-state index contributed by atoms with van der Waals surface area (Å²) in [5.41, 5.74) is 0. The van der Waals surface area contributed by atoms with Crippen molar-refractivity contribution in [2.75, 3.05) is 18.6 Å². The molecule has 3 heteroatoms. The summed E-state index contributed by atoms with van der Waals surface area (Å²) in [7, 11) is 1.70. The lowest BCUT2D eigenvalue weighted by atomic mass is 10.3. The quantitative estimate of drug-likeness (QED) is 0.480. The van der Waals surface area contributed by atoms with Crippen LogP contribution in [0.2, 0.25) is 0 Å². The molecule has 0 aliphatic carbocycles. The van der Waals surface area contributed by atoms with E-state index in [1.54, 1.807) is 7.11 Å². The van der Waals surface area contributed by atoms with E-state index in [-0.39, 0.29) is 0 Å². The molecule has 0 unspecified atom stereocenters. The minimum atomic E-state index is 0.925. The average Bonchev–Trinajstić information content (AvgIpc) is 2.52. The molecule has 106 valence electrons. The number of thioether (sulfide) groups is 2. The smallest absolute Gasteiger partial charge is 0.118 e. The second kappa shape index (κ2) is 8.98. The van der Waals surface area contributed by atoms with Gasteiger partial charge in [-0.05, 0) is 60.7 Å². The second-order valence-electron chi connectivity index (χ2n) is 4.39. The monoisotopic (exact) mass is 304 g/mol. The van der Waals surface area contributed by atoms with Crippen molar-refractivity contribution in [2.24, 2.45) is 0 Å². The minimum Gasteiger partial charge on any atom is -0.497 e. The lowest BCUT2D eigenvalue weighted by Gasteiger charge is -2.04. The summed E-state index contributed by atoms with van der Waals surface area (Å²) in [6, 6.07) is 18.9. The lowest BCUT2D eigenvalue weighted by molar-refractivity contribution is 0.414. The van der Waals surface area contributed by atoms with E-state index in [2.05, 4.69) is 42.5 Å². The molecule has 0 aliphatic rings. The normalized spacial score (nSPS) is 10.4. The summed E-state index contributed by atoms with van der Waals surface area (Å²) in [6.07, 6.45) is 2.53. The molecular formula is C17H20OS2. The highest BCUT2D eigenvalue weighted by molar-refractivity contribution is 7.99. The van der Waals surface area contributed by atoms with Crippen LogP contribution in [0.3, 0.4) is 0 Å². The molecule has 0 N–H and O–H groups in total. The van der Waals surface area contributed by atoms with Gasteiger partial charge in [-0.25, -0.2) is 0 Å². The molecule has 1 nitrogen and oxygen atoms in total. The van der Waals surface area contributed by atoms with Gasteiger partial charge in [-0.3, -0.25) is 0 Å². The Morgan fingerprint density at radius 2 is 1.30 bits per heavy atom. The first-order chi connectivity index (χ1) is 9.88. The van der Waals surface area contributed by atoms with Crippen LogP contribution in [0.25, 0.3) is 0 Å². The Labute approximate surface area is 130 Å². The Morgan fingerprint density at radius 1 is 0.750 bits per heavy atom. The second-order valence-corrected chi connectivity index (χ2v) is 6.73. The molecule has 2 aromatic carbocycles. The van der Waals surface area contributed by atoms with Crippen LogP contribution >= 0.6 is 23.5 Å². The van der Waals surface area contributed by atoms with Gasteiger partial charge >= 0.3 is 0 Å². The number of methoxy groups -OCH3 is 1. The molecule has 0 fully saturated rings.